The molecule has 5 aromatic rings. The highest BCUT2D eigenvalue weighted by molar-refractivity contribution is 5.91. The van der Waals surface area contributed by atoms with Gasteiger partial charge in [-0.2, -0.15) is 0 Å². The van der Waals surface area contributed by atoms with Crippen LogP contribution in [0.4, 0.5) is 0 Å². The third kappa shape index (κ3) is 6.63. The van der Waals surface area contributed by atoms with Crippen LogP contribution in [0.25, 0.3) is 6.08 Å². The zero-order chi connectivity index (χ0) is 34.8. The zero-order valence-electron chi connectivity index (χ0n) is 28.9. The van der Waals surface area contributed by atoms with Crippen LogP contribution in [-0.2, 0) is 46.0 Å². The monoisotopic (exact) mass is 678 g/mol. The van der Waals surface area contributed by atoms with E-state index < -0.39 is 17.9 Å². The Morgan fingerprint density at radius 1 is 0.843 bits per heavy atom. The number of aryl methyl sites for hydroxylation is 2. The number of hydrogen-bond acceptors (Lipinski definition) is 6. The molecule has 5 aromatic carbocycles. The van der Waals surface area contributed by atoms with Crippen LogP contribution in [0.15, 0.2) is 122 Å². The van der Waals surface area contributed by atoms with Crippen molar-refractivity contribution in [2.75, 3.05) is 0 Å². The van der Waals surface area contributed by atoms with Crippen molar-refractivity contribution in [3.05, 3.63) is 172 Å². The molecule has 0 amide bonds. The fourth-order valence-corrected chi connectivity index (χ4v) is 7.83. The van der Waals surface area contributed by atoms with Gasteiger partial charge in [-0.3, -0.25) is 0 Å². The van der Waals surface area contributed by atoms with Crippen molar-refractivity contribution in [2.45, 2.75) is 76.0 Å². The van der Waals surface area contributed by atoms with E-state index in [0.29, 0.717) is 11.3 Å². The van der Waals surface area contributed by atoms with E-state index in [2.05, 4.69) is 43.0 Å². The normalized spacial score (nSPS) is 20.2. The molecule has 2 unspecified atom stereocenters. The van der Waals surface area contributed by atoms with E-state index in [1.54, 1.807) is 30.3 Å². The summed E-state index contributed by atoms with van der Waals surface area (Å²) in [5.74, 6) is 0.947. The van der Waals surface area contributed by atoms with Gasteiger partial charge in [-0.25, -0.2) is 14.6 Å². The predicted molar refractivity (Wildman–Crippen MR) is 197 cm³/mol. The van der Waals surface area contributed by atoms with Gasteiger partial charge in [0.2, 0.25) is 6.29 Å². The molecule has 0 radical (unpaired) electrons. The average molecular weight is 679 g/mol. The molecule has 0 aromatic heterocycles. The Balaban J connectivity index is 1.05. The predicted octanol–water partition coefficient (Wildman–Crippen LogP) is 9.67. The zero-order valence-corrected chi connectivity index (χ0v) is 28.9. The van der Waals surface area contributed by atoms with E-state index in [-0.39, 0.29) is 18.6 Å². The number of benzene rings is 5. The minimum Gasteiger partial charge on any atom is -0.461 e. The lowest BCUT2D eigenvalue weighted by Gasteiger charge is -2.38. The van der Waals surface area contributed by atoms with E-state index in [1.807, 2.05) is 61.5 Å². The van der Waals surface area contributed by atoms with Gasteiger partial charge in [0.15, 0.2) is 5.60 Å². The third-order valence-electron chi connectivity index (χ3n) is 10.6. The van der Waals surface area contributed by atoms with E-state index in [0.717, 1.165) is 48.1 Å². The van der Waals surface area contributed by atoms with Crippen molar-refractivity contribution in [1.82, 2.24) is 0 Å². The average Bonchev–Trinajstić information content (AvgIpc) is 3.37. The Hall–Kier alpha value is -5.01. The lowest BCUT2D eigenvalue weighted by Crippen LogP contribution is -2.47. The van der Waals surface area contributed by atoms with Crippen LogP contribution in [0, 0.1) is 0 Å². The van der Waals surface area contributed by atoms with Gasteiger partial charge in [0.25, 0.3) is 0 Å². The SMILES string of the molecule is C=Cc1ccc(C(=O)Oc2ccc(COO[C@@](C)(c3ccccc3)C3Oc4ccc5c(c4[C@H]4c6ccccc6CCC4O3)CCCC5)cc2)cc1. The van der Waals surface area contributed by atoms with Crippen LogP contribution in [0.3, 0.4) is 0 Å². The number of fused-ring (bicyclic) bond motifs is 7. The second kappa shape index (κ2) is 14.3. The number of hydrogen-bond donors (Lipinski definition) is 0. The van der Waals surface area contributed by atoms with E-state index in [1.165, 1.54) is 40.7 Å². The summed E-state index contributed by atoms with van der Waals surface area (Å²) < 4.78 is 19.7. The van der Waals surface area contributed by atoms with Crippen LogP contribution >= 0.6 is 0 Å². The lowest BCUT2D eigenvalue weighted by atomic mass is 9.73. The molecule has 4 atom stereocenters. The van der Waals surface area contributed by atoms with Crippen LogP contribution < -0.4 is 9.47 Å². The van der Waals surface area contributed by atoms with Crippen molar-refractivity contribution in [1.29, 1.82) is 0 Å². The minimum absolute atomic E-state index is 0.0723. The first-order chi connectivity index (χ1) is 25.0. The molecule has 0 N–H and O–H groups in total. The number of rotatable bonds is 9. The van der Waals surface area contributed by atoms with Gasteiger partial charge in [0.1, 0.15) is 18.1 Å². The van der Waals surface area contributed by atoms with Gasteiger partial charge >= 0.3 is 5.97 Å². The fraction of sp³-hybridized carbons (Fsp3) is 0.267. The molecule has 3 aliphatic rings. The molecule has 0 bridgehead atoms. The number of carbonyl (C=O) groups is 1. The smallest absolute Gasteiger partial charge is 0.343 e. The molecule has 0 spiro atoms. The van der Waals surface area contributed by atoms with Crippen molar-refractivity contribution >= 4 is 12.0 Å². The van der Waals surface area contributed by atoms with Crippen molar-refractivity contribution < 1.29 is 28.8 Å². The highest BCUT2D eigenvalue weighted by atomic mass is 17.2. The quantitative estimate of drug-likeness (QED) is 0.0670. The lowest BCUT2D eigenvalue weighted by molar-refractivity contribution is -0.409. The Morgan fingerprint density at radius 2 is 1.61 bits per heavy atom. The van der Waals surface area contributed by atoms with Crippen LogP contribution in [0.2, 0.25) is 0 Å². The summed E-state index contributed by atoms with van der Waals surface area (Å²) >= 11 is 0. The van der Waals surface area contributed by atoms with Crippen molar-refractivity contribution in [3.8, 4) is 11.5 Å². The highest BCUT2D eigenvalue weighted by Crippen LogP contribution is 2.50. The third-order valence-corrected chi connectivity index (χ3v) is 10.6. The van der Waals surface area contributed by atoms with E-state index in [4.69, 9.17) is 24.0 Å². The molecule has 2 aliphatic carbocycles. The molecule has 6 heteroatoms. The van der Waals surface area contributed by atoms with Gasteiger partial charge in [0, 0.05) is 11.5 Å². The summed E-state index contributed by atoms with van der Waals surface area (Å²) in [4.78, 5) is 25.1. The second-order valence-electron chi connectivity index (χ2n) is 13.8. The largest absolute Gasteiger partial charge is 0.461 e. The molecule has 8 rings (SSSR count). The summed E-state index contributed by atoms with van der Waals surface area (Å²) in [6, 6.07) is 37.5. The molecule has 1 heterocycles. The molecule has 0 saturated heterocycles. The van der Waals surface area contributed by atoms with Gasteiger partial charge < -0.3 is 14.2 Å². The number of ether oxygens (including phenoxy) is 3. The summed E-state index contributed by atoms with van der Waals surface area (Å²) in [6.07, 6.45) is 7.21. The van der Waals surface area contributed by atoms with Crippen LogP contribution in [0.5, 0.6) is 11.5 Å². The molecule has 6 nitrogen and oxygen atoms in total. The Kier molecular flexibility index (Phi) is 9.30. The molecule has 51 heavy (non-hydrogen) atoms. The van der Waals surface area contributed by atoms with Crippen molar-refractivity contribution in [3.63, 3.8) is 0 Å². The molecule has 0 fully saturated rings. The van der Waals surface area contributed by atoms with E-state index in [9.17, 15) is 4.79 Å². The molecular formula is C45H42O6. The maximum Gasteiger partial charge on any atom is 0.343 e. The fourth-order valence-electron chi connectivity index (χ4n) is 7.83. The molecule has 0 saturated carbocycles. The van der Waals surface area contributed by atoms with Crippen LogP contribution in [-0.4, -0.2) is 18.4 Å². The van der Waals surface area contributed by atoms with Crippen molar-refractivity contribution in [2.24, 2.45) is 0 Å². The summed E-state index contributed by atoms with van der Waals surface area (Å²) in [5.41, 5.74) is 8.86. The maximum atomic E-state index is 12.7. The number of carbonyl (C=O) groups excluding carboxylic acids is 1. The standard InChI is InChI=1S/C45H42O6/c1-3-30-17-21-34(22-18-30)43(46)48-36-25-19-31(20-26-36)29-47-51-45(2,35-13-5-4-6-14-35)44-49-39-27-23-32-11-7-9-15-37(32)41(39)42-38-16-10-8-12-33(38)24-28-40(42)50-44/h3-7,9,11,13-15,17-22,24-26,28,39,41,44H,1,8,10,12,16,23,27,29H2,2H3/t39?,41-,44?,45-/m0/s1. The van der Waals surface area contributed by atoms with Gasteiger partial charge in [-0.15, -0.1) is 0 Å². The first-order valence-electron chi connectivity index (χ1n) is 17.9. The first kappa shape index (κ1) is 33.2. The Bertz CT molecular complexity index is 2020. The summed E-state index contributed by atoms with van der Waals surface area (Å²) in [7, 11) is 0. The first-order valence-corrected chi connectivity index (χ1v) is 17.9. The van der Waals surface area contributed by atoms with Gasteiger partial charge in [0.05, 0.1) is 11.7 Å². The maximum absolute atomic E-state index is 12.7. The van der Waals surface area contributed by atoms with Gasteiger partial charge in [-0.05, 0) is 115 Å². The summed E-state index contributed by atoms with van der Waals surface area (Å²) in [6.45, 7) is 5.89. The Labute approximate surface area is 299 Å². The minimum atomic E-state index is -1.11. The Morgan fingerprint density at radius 3 is 2.41 bits per heavy atom. The molecular weight excluding hydrogens is 636 g/mol. The summed E-state index contributed by atoms with van der Waals surface area (Å²) in [5, 5.41) is 0. The second-order valence-corrected chi connectivity index (χ2v) is 13.8. The van der Waals surface area contributed by atoms with Crippen LogP contribution in [0.1, 0.15) is 87.0 Å². The van der Waals surface area contributed by atoms with Gasteiger partial charge in [-0.1, -0.05) is 97.6 Å². The molecule has 1 aliphatic heterocycles. The number of esters is 1. The van der Waals surface area contributed by atoms with E-state index >= 15 is 0 Å². The topological polar surface area (TPSA) is 63.2 Å². The highest BCUT2D eigenvalue weighted by Gasteiger charge is 2.48. The molecule has 258 valence electrons.